The van der Waals surface area contributed by atoms with Gasteiger partial charge in [-0.25, -0.2) is 0 Å². The smallest absolute Gasteiger partial charge is 0.115 e. The zero-order valence-corrected chi connectivity index (χ0v) is 9.36. The Morgan fingerprint density at radius 1 is 1.47 bits per heavy atom. The molecule has 1 atom stereocenters. The normalized spacial score (nSPS) is 12.7. The maximum atomic E-state index is 9.27. The molecule has 0 saturated heterocycles. The number of phenolic OH excluding ortho intramolecular Hbond substituents is 1. The second-order valence-corrected chi connectivity index (χ2v) is 3.61. The average Bonchev–Trinajstić information content (AvgIpc) is 2.23. The van der Waals surface area contributed by atoms with E-state index in [0.717, 1.165) is 25.3 Å². The zero-order chi connectivity index (χ0) is 11.1. The van der Waals surface area contributed by atoms with Crippen molar-refractivity contribution < 1.29 is 9.84 Å². The van der Waals surface area contributed by atoms with Crippen LogP contribution in [-0.4, -0.2) is 24.4 Å². The van der Waals surface area contributed by atoms with Crippen molar-refractivity contribution in [2.45, 2.75) is 26.4 Å². The second kappa shape index (κ2) is 6.43. The molecule has 0 aliphatic carbocycles. The summed E-state index contributed by atoms with van der Waals surface area (Å²) in [4.78, 5) is 0. The molecule has 0 aromatic heterocycles. The summed E-state index contributed by atoms with van der Waals surface area (Å²) in [6, 6.07) is 7.60. The van der Waals surface area contributed by atoms with Crippen molar-refractivity contribution in [2.75, 3.05) is 13.2 Å². The highest BCUT2D eigenvalue weighted by atomic mass is 16.5. The van der Waals surface area contributed by atoms with Gasteiger partial charge in [-0.05, 0) is 31.5 Å². The third-order valence-corrected chi connectivity index (χ3v) is 2.14. The Morgan fingerprint density at radius 2 is 2.27 bits per heavy atom. The van der Waals surface area contributed by atoms with Gasteiger partial charge in [0.2, 0.25) is 0 Å². The minimum absolute atomic E-state index is 0.312. The molecule has 0 aliphatic rings. The Balaban J connectivity index is 2.30. The maximum Gasteiger partial charge on any atom is 0.115 e. The van der Waals surface area contributed by atoms with Gasteiger partial charge in [-0.2, -0.15) is 0 Å². The predicted molar refractivity (Wildman–Crippen MR) is 60.9 cm³/mol. The van der Waals surface area contributed by atoms with Gasteiger partial charge in [0.15, 0.2) is 0 Å². The van der Waals surface area contributed by atoms with E-state index in [-0.39, 0.29) is 0 Å². The fourth-order valence-electron chi connectivity index (χ4n) is 1.31. The van der Waals surface area contributed by atoms with Crippen molar-refractivity contribution in [1.82, 2.24) is 5.32 Å². The first-order valence-electron chi connectivity index (χ1n) is 5.31. The van der Waals surface area contributed by atoms with Crippen LogP contribution in [0, 0.1) is 0 Å². The molecule has 0 spiro atoms. The third-order valence-electron chi connectivity index (χ3n) is 2.14. The molecule has 2 N–H and O–H groups in total. The number of phenols is 1. The molecule has 1 rings (SSSR count). The van der Waals surface area contributed by atoms with Crippen molar-refractivity contribution in [3.05, 3.63) is 29.8 Å². The van der Waals surface area contributed by atoms with E-state index in [9.17, 15) is 5.11 Å². The van der Waals surface area contributed by atoms with E-state index in [4.69, 9.17) is 4.74 Å². The summed E-state index contributed by atoms with van der Waals surface area (Å²) < 4.78 is 5.30. The van der Waals surface area contributed by atoms with E-state index in [1.807, 2.05) is 19.1 Å². The Labute approximate surface area is 91.1 Å². The SMILES string of the molecule is CCOCC(C)NCc1cccc(O)c1. The van der Waals surface area contributed by atoms with Gasteiger partial charge in [-0.3, -0.25) is 0 Å². The van der Waals surface area contributed by atoms with Gasteiger partial charge in [-0.15, -0.1) is 0 Å². The molecule has 1 unspecified atom stereocenters. The monoisotopic (exact) mass is 209 g/mol. The van der Waals surface area contributed by atoms with Crippen molar-refractivity contribution in [1.29, 1.82) is 0 Å². The summed E-state index contributed by atoms with van der Waals surface area (Å²) in [5, 5.41) is 12.6. The third kappa shape index (κ3) is 4.81. The molecular weight excluding hydrogens is 190 g/mol. The predicted octanol–water partition coefficient (Wildman–Crippen LogP) is 1.91. The van der Waals surface area contributed by atoms with E-state index >= 15 is 0 Å². The zero-order valence-electron chi connectivity index (χ0n) is 9.36. The molecule has 0 amide bonds. The van der Waals surface area contributed by atoms with E-state index in [0.29, 0.717) is 11.8 Å². The summed E-state index contributed by atoms with van der Waals surface area (Å²) in [6.07, 6.45) is 0. The van der Waals surface area contributed by atoms with Crippen LogP contribution in [-0.2, 0) is 11.3 Å². The Hall–Kier alpha value is -1.06. The van der Waals surface area contributed by atoms with E-state index in [1.54, 1.807) is 12.1 Å². The molecule has 1 aromatic rings. The first kappa shape index (κ1) is 12.0. The number of rotatable bonds is 6. The Morgan fingerprint density at radius 3 is 2.93 bits per heavy atom. The minimum atomic E-state index is 0.312. The molecule has 0 fully saturated rings. The van der Waals surface area contributed by atoms with Gasteiger partial charge >= 0.3 is 0 Å². The molecule has 0 bridgehead atoms. The van der Waals surface area contributed by atoms with Crippen LogP contribution in [0.1, 0.15) is 19.4 Å². The molecular formula is C12H19NO2. The molecule has 3 heteroatoms. The van der Waals surface area contributed by atoms with E-state index in [1.165, 1.54) is 0 Å². The Kier molecular flexibility index (Phi) is 5.15. The lowest BCUT2D eigenvalue weighted by Crippen LogP contribution is -2.30. The number of hydrogen-bond acceptors (Lipinski definition) is 3. The van der Waals surface area contributed by atoms with Gasteiger partial charge in [0.25, 0.3) is 0 Å². The van der Waals surface area contributed by atoms with Gasteiger partial charge in [0.05, 0.1) is 6.61 Å². The molecule has 0 heterocycles. The van der Waals surface area contributed by atoms with Crippen molar-refractivity contribution >= 4 is 0 Å². The first-order valence-corrected chi connectivity index (χ1v) is 5.31. The number of nitrogens with one attached hydrogen (secondary N) is 1. The quantitative estimate of drug-likeness (QED) is 0.752. The minimum Gasteiger partial charge on any atom is -0.508 e. The van der Waals surface area contributed by atoms with Gasteiger partial charge in [-0.1, -0.05) is 12.1 Å². The lowest BCUT2D eigenvalue weighted by Gasteiger charge is -2.13. The maximum absolute atomic E-state index is 9.27. The largest absolute Gasteiger partial charge is 0.508 e. The highest BCUT2D eigenvalue weighted by Gasteiger charge is 2.01. The molecule has 84 valence electrons. The summed E-state index contributed by atoms with van der Waals surface area (Å²) in [7, 11) is 0. The highest BCUT2D eigenvalue weighted by molar-refractivity contribution is 5.26. The van der Waals surface area contributed by atoms with Gasteiger partial charge < -0.3 is 15.2 Å². The number of benzene rings is 1. The number of hydrogen-bond donors (Lipinski definition) is 2. The molecule has 1 aromatic carbocycles. The molecule has 15 heavy (non-hydrogen) atoms. The lowest BCUT2D eigenvalue weighted by molar-refractivity contribution is 0.127. The summed E-state index contributed by atoms with van der Waals surface area (Å²) in [5.74, 6) is 0.312. The van der Waals surface area contributed by atoms with E-state index in [2.05, 4.69) is 12.2 Å². The van der Waals surface area contributed by atoms with Crippen LogP contribution >= 0.6 is 0 Å². The highest BCUT2D eigenvalue weighted by Crippen LogP contribution is 2.10. The Bertz CT molecular complexity index is 289. The molecule has 3 nitrogen and oxygen atoms in total. The number of aromatic hydroxyl groups is 1. The molecule has 0 saturated carbocycles. The lowest BCUT2D eigenvalue weighted by atomic mass is 10.2. The fourth-order valence-corrected chi connectivity index (χ4v) is 1.31. The van der Waals surface area contributed by atoms with Crippen LogP contribution in [0.5, 0.6) is 5.75 Å². The average molecular weight is 209 g/mol. The van der Waals surface area contributed by atoms with Crippen LogP contribution in [0.25, 0.3) is 0 Å². The van der Waals surface area contributed by atoms with Crippen LogP contribution in [0.3, 0.4) is 0 Å². The van der Waals surface area contributed by atoms with Gasteiger partial charge in [0, 0.05) is 19.2 Å². The summed E-state index contributed by atoms with van der Waals surface area (Å²) in [6.45, 7) is 6.29. The topological polar surface area (TPSA) is 41.5 Å². The van der Waals surface area contributed by atoms with Crippen molar-refractivity contribution in [2.24, 2.45) is 0 Å². The van der Waals surface area contributed by atoms with Crippen molar-refractivity contribution in [3.63, 3.8) is 0 Å². The van der Waals surface area contributed by atoms with Crippen LogP contribution < -0.4 is 5.32 Å². The molecule has 0 aliphatic heterocycles. The summed E-state index contributed by atoms with van der Waals surface area (Å²) in [5.41, 5.74) is 1.08. The van der Waals surface area contributed by atoms with E-state index < -0.39 is 0 Å². The first-order chi connectivity index (χ1) is 7.22. The summed E-state index contributed by atoms with van der Waals surface area (Å²) >= 11 is 0. The fraction of sp³-hybridized carbons (Fsp3) is 0.500. The van der Waals surface area contributed by atoms with Crippen LogP contribution in [0.15, 0.2) is 24.3 Å². The van der Waals surface area contributed by atoms with Crippen LogP contribution in [0.2, 0.25) is 0 Å². The standard InChI is InChI=1S/C12H19NO2/c1-3-15-9-10(2)13-8-11-5-4-6-12(14)7-11/h4-7,10,13-14H,3,8-9H2,1-2H3. The van der Waals surface area contributed by atoms with Crippen molar-refractivity contribution in [3.8, 4) is 5.75 Å². The molecule has 0 radical (unpaired) electrons. The van der Waals surface area contributed by atoms with Gasteiger partial charge in [0.1, 0.15) is 5.75 Å². The number of ether oxygens (including phenoxy) is 1. The van der Waals surface area contributed by atoms with Crippen LogP contribution in [0.4, 0.5) is 0 Å². The second-order valence-electron chi connectivity index (χ2n) is 3.61.